The summed E-state index contributed by atoms with van der Waals surface area (Å²) in [5.41, 5.74) is 0. The van der Waals surface area contributed by atoms with Crippen LogP contribution in [0, 0.1) is 5.92 Å². The van der Waals surface area contributed by atoms with Crippen LogP contribution < -0.4 is 0 Å². The van der Waals surface area contributed by atoms with E-state index in [4.69, 9.17) is 5.11 Å². The third-order valence-electron chi connectivity index (χ3n) is 1.96. The van der Waals surface area contributed by atoms with E-state index in [2.05, 4.69) is 12.2 Å². The second kappa shape index (κ2) is 4.09. The second-order valence-corrected chi connectivity index (χ2v) is 4.13. The van der Waals surface area contributed by atoms with Gasteiger partial charge in [-0.25, -0.2) is 0 Å². The lowest BCUT2D eigenvalue weighted by Gasteiger charge is -2.19. The molecule has 1 N–H and O–H groups in total. The maximum Gasteiger partial charge on any atom is 0.316 e. The summed E-state index contributed by atoms with van der Waals surface area (Å²) in [5.74, 6) is -0.330. The van der Waals surface area contributed by atoms with Crippen molar-refractivity contribution < 1.29 is 9.90 Å². The number of hydrogen-bond acceptors (Lipinski definition) is 1. The van der Waals surface area contributed by atoms with E-state index in [1.54, 1.807) is 0 Å². The number of alkyl halides is 1. The Bertz CT molecular complexity index is 177. The summed E-state index contributed by atoms with van der Waals surface area (Å²) in [6.07, 6.45) is 7.21. The third kappa shape index (κ3) is 2.47. The van der Waals surface area contributed by atoms with Crippen molar-refractivity contribution in [1.29, 1.82) is 0 Å². The topological polar surface area (TPSA) is 37.3 Å². The minimum Gasteiger partial charge on any atom is -0.480 e. The fourth-order valence-electron chi connectivity index (χ4n) is 1.28. The van der Waals surface area contributed by atoms with E-state index in [0.29, 0.717) is 5.92 Å². The highest BCUT2D eigenvalue weighted by Crippen LogP contribution is 2.26. The molecule has 11 heavy (non-hydrogen) atoms. The van der Waals surface area contributed by atoms with Gasteiger partial charge in [0.2, 0.25) is 0 Å². The van der Waals surface area contributed by atoms with E-state index in [0.717, 1.165) is 19.3 Å². The summed E-state index contributed by atoms with van der Waals surface area (Å²) in [6, 6.07) is 0. The SMILES string of the molecule is O=C(O)C(I)C1CC=CCC1. The summed E-state index contributed by atoms with van der Waals surface area (Å²) in [6.45, 7) is 0. The van der Waals surface area contributed by atoms with Crippen LogP contribution in [0.1, 0.15) is 19.3 Å². The molecule has 1 aliphatic rings. The first-order chi connectivity index (χ1) is 5.22. The predicted molar refractivity (Wildman–Crippen MR) is 51.9 cm³/mol. The van der Waals surface area contributed by atoms with Crippen LogP contribution in [0.2, 0.25) is 0 Å². The third-order valence-corrected chi connectivity index (χ3v) is 3.51. The number of halogens is 1. The van der Waals surface area contributed by atoms with Crippen LogP contribution in [0.15, 0.2) is 12.2 Å². The van der Waals surface area contributed by atoms with Crippen molar-refractivity contribution in [2.24, 2.45) is 5.92 Å². The van der Waals surface area contributed by atoms with Crippen LogP contribution in [0.25, 0.3) is 0 Å². The molecule has 0 saturated heterocycles. The molecule has 0 amide bonds. The monoisotopic (exact) mass is 266 g/mol. The van der Waals surface area contributed by atoms with Crippen molar-refractivity contribution in [2.45, 2.75) is 23.2 Å². The van der Waals surface area contributed by atoms with Gasteiger partial charge in [0.15, 0.2) is 0 Å². The smallest absolute Gasteiger partial charge is 0.316 e. The Morgan fingerprint density at radius 1 is 1.64 bits per heavy atom. The number of hydrogen-bond donors (Lipinski definition) is 1. The molecule has 0 aromatic carbocycles. The molecule has 0 aromatic heterocycles. The van der Waals surface area contributed by atoms with Gasteiger partial charge >= 0.3 is 5.97 Å². The van der Waals surface area contributed by atoms with Crippen molar-refractivity contribution in [3.05, 3.63) is 12.2 Å². The number of rotatable bonds is 2. The van der Waals surface area contributed by atoms with Gasteiger partial charge in [-0.2, -0.15) is 0 Å². The van der Waals surface area contributed by atoms with Gasteiger partial charge in [0, 0.05) is 0 Å². The van der Waals surface area contributed by atoms with Gasteiger partial charge in [-0.15, -0.1) is 0 Å². The lowest BCUT2D eigenvalue weighted by molar-refractivity contribution is -0.136. The van der Waals surface area contributed by atoms with Crippen molar-refractivity contribution in [2.75, 3.05) is 0 Å². The highest BCUT2D eigenvalue weighted by molar-refractivity contribution is 14.1. The first-order valence-corrected chi connectivity index (χ1v) is 4.98. The Balaban J connectivity index is 2.46. The minimum atomic E-state index is -0.675. The highest BCUT2D eigenvalue weighted by Gasteiger charge is 2.24. The normalized spacial score (nSPS) is 26.5. The Hall–Kier alpha value is -0.0600. The lowest BCUT2D eigenvalue weighted by Crippen LogP contribution is -2.24. The number of carboxylic acid groups (broad SMARTS) is 1. The van der Waals surface area contributed by atoms with E-state index in [9.17, 15) is 4.79 Å². The van der Waals surface area contributed by atoms with Gasteiger partial charge in [-0.1, -0.05) is 34.7 Å². The van der Waals surface area contributed by atoms with Crippen molar-refractivity contribution in [3.8, 4) is 0 Å². The molecule has 2 atom stereocenters. The number of aliphatic carboxylic acids is 1. The molecule has 2 nitrogen and oxygen atoms in total. The van der Waals surface area contributed by atoms with Crippen LogP contribution in [-0.2, 0) is 4.79 Å². The molecule has 0 spiro atoms. The molecule has 1 rings (SSSR count). The Morgan fingerprint density at radius 3 is 2.82 bits per heavy atom. The van der Waals surface area contributed by atoms with Crippen molar-refractivity contribution in [3.63, 3.8) is 0 Å². The van der Waals surface area contributed by atoms with Crippen molar-refractivity contribution in [1.82, 2.24) is 0 Å². The Kier molecular flexibility index (Phi) is 3.36. The van der Waals surface area contributed by atoms with Gasteiger partial charge in [0.05, 0.1) is 0 Å². The second-order valence-electron chi connectivity index (χ2n) is 2.78. The zero-order valence-electron chi connectivity index (χ0n) is 6.16. The van der Waals surface area contributed by atoms with Gasteiger partial charge in [0.1, 0.15) is 3.92 Å². The van der Waals surface area contributed by atoms with Crippen LogP contribution in [-0.4, -0.2) is 15.0 Å². The number of carbonyl (C=O) groups is 1. The van der Waals surface area contributed by atoms with E-state index >= 15 is 0 Å². The fraction of sp³-hybridized carbons (Fsp3) is 0.625. The molecule has 3 heteroatoms. The fourth-order valence-corrected chi connectivity index (χ4v) is 1.94. The standard InChI is InChI=1S/C8H11IO2/c9-7(8(10)11)6-4-2-1-3-5-6/h1-2,6-7H,3-5H2,(H,10,11). The minimum absolute atomic E-state index is 0.211. The molecule has 0 saturated carbocycles. The van der Waals surface area contributed by atoms with Gasteiger partial charge in [-0.05, 0) is 25.2 Å². The zero-order valence-corrected chi connectivity index (χ0v) is 8.32. The molecule has 0 bridgehead atoms. The van der Waals surface area contributed by atoms with Crippen LogP contribution >= 0.6 is 22.6 Å². The molecular formula is C8H11IO2. The van der Waals surface area contributed by atoms with Crippen LogP contribution in [0.4, 0.5) is 0 Å². The first kappa shape index (κ1) is 9.03. The molecule has 62 valence electrons. The van der Waals surface area contributed by atoms with E-state index in [1.807, 2.05) is 22.6 Å². The van der Waals surface area contributed by atoms with Gasteiger partial charge in [0.25, 0.3) is 0 Å². The number of carboxylic acids is 1. The number of allylic oxidation sites excluding steroid dienone is 2. The largest absolute Gasteiger partial charge is 0.480 e. The molecule has 0 heterocycles. The Labute approximate surface area is 79.8 Å². The summed E-state index contributed by atoms with van der Waals surface area (Å²) >= 11 is 2.02. The lowest BCUT2D eigenvalue weighted by atomic mass is 9.92. The highest BCUT2D eigenvalue weighted by atomic mass is 127. The maximum absolute atomic E-state index is 10.6. The van der Waals surface area contributed by atoms with E-state index in [-0.39, 0.29) is 3.92 Å². The molecule has 0 radical (unpaired) electrons. The average Bonchev–Trinajstić information content (AvgIpc) is 2.05. The van der Waals surface area contributed by atoms with Crippen molar-refractivity contribution >= 4 is 28.6 Å². The maximum atomic E-state index is 10.6. The zero-order chi connectivity index (χ0) is 8.27. The molecule has 2 unspecified atom stereocenters. The van der Waals surface area contributed by atoms with E-state index < -0.39 is 5.97 Å². The molecule has 1 aliphatic carbocycles. The summed E-state index contributed by atoms with van der Waals surface area (Å²) in [5, 5.41) is 8.70. The summed E-state index contributed by atoms with van der Waals surface area (Å²) < 4.78 is -0.211. The summed E-state index contributed by atoms with van der Waals surface area (Å²) in [4.78, 5) is 10.6. The molecular weight excluding hydrogens is 255 g/mol. The molecule has 0 aliphatic heterocycles. The van der Waals surface area contributed by atoms with Gasteiger partial charge in [-0.3, -0.25) is 4.79 Å². The quantitative estimate of drug-likeness (QED) is 0.472. The Morgan fingerprint density at radius 2 is 2.36 bits per heavy atom. The molecule has 0 fully saturated rings. The van der Waals surface area contributed by atoms with Crippen LogP contribution in [0.3, 0.4) is 0 Å². The van der Waals surface area contributed by atoms with Gasteiger partial charge < -0.3 is 5.11 Å². The summed E-state index contributed by atoms with van der Waals surface area (Å²) in [7, 11) is 0. The predicted octanol–water partition coefficient (Wildman–Crippen LogP) is 2.23. The van der Waals surface area contributed by atoms with Crippen LogP contribution in [0.5, 0.6) is 0 Å². The van der Waals surface area contributed by atoms with E-state index in [1.165, 1.54) is 0 Å². The molecule has 0 aromatic rings. The first-order valence-electron chi connectivity index (χ1n) is 3.73. The average molecular weight is 266 g/mol.